The van der Waals surface area contributed by atoms with E-state index in [2.05, 4.69) is 24.1 Å². The van der Waals surface area contributed by atoms with Crippen molar-refractivity contribution >= 4 is 11.8 Å². The van der Waals surface area contributed by atoms with Crippen LogP contribution < -0.4 is 11.1 Å². The largest absolute Gasteiger partial charge is 0.348 e. The molecule has 0 atom stereocenters. The molecule has 0 aromatic carbocycles. The van der Waals surface area contributed by atoms with E-state index in [1.165, 1.54) is 0 Å². The highest BCUT2D eigenvalue weighted by Gasteiger charge is 2.48. The van der Waals surface area contributed by atoms with E-state index in [1.54, 1.807) is 4.90 Å². The van der Waals surface area contributed by atoms with E-state index in [4.69, 9.17) is 5.73 Å². The number of nitrogens with two attached hydrogens (primary N) is 1. The van der Waals surface area contributed by atoms with Crippen LogP contribution in [0.5, 0.6) is 0 Å². The third-order valence-corrected chi connectivity index (χ3v) is 4.96. The van der Waals surface area contributed by atoms with Gasteiger partial charge in [-0.1, -0.05) is 13.8 Å². The highest BCUT2D eigenvalue weighted by atomic mass is 16.2. The van der Waals surface area contributed by atoms with Crippen molar-refractivity contribution in [3.05, 3.63) is 0 Å². The zero-order chi connectivity index (χ0) is 18.5. The summed E-state index contributed by atoms with van der Waals surface area (Å²) < 4.78 is 0. The minimum absolute atomic E-state index is 0.0520. The van der Waals surface area contributed by atoms with Gasteiger partial charge in [-0.15, -0.1) is 0 Å². The molecule has 0 aromatic rings. The van der Waals surface area contributed by atoms with Gasteiger partial charge in [0.05, 0.1) is 0 Å². The summed E-state index contributed by atoms with van der Waals surface area (Å²) >= 11 is 0. The van der Waals surface area contributed by atoms with E-state index in [-0.39, 0.29) is 6.04 Å². The fourth-order valence-electron chi connectivity index (χ4n) is 4.13. The maximum Gasteiger partial charge on any atom is 0.312 e. The van der Waals surface area contributed by atoms with Crippen LogP contribution in [0, 0.1) is 0 Å². The summed E-state index contributed by atoms with van der Waals surface area (Å²) in [5, 5.41) is 2.78. The molecule has 6 heteroatoms. The minimum Gasteiger partial charge on any atom is -0.348 e. The van der Waals surface area contributed by atoms with Crippen LogP contribution in [0.25, 0.3) is 0 Å². The van der Waals surface area contributed by atoms with Crippen molar-refractivity contribution in [2.45, 2.75) is 77.9 Å². The van der Waals surface area contributed by atoms with Crippen molar-refractivity contribution in [3.63, 3.8) is 0 Å². The molecule has 1 heterocycles. The number of amides is 2. The predicted octanol–water partition coefficient (Wildman–Crippen LogP) is 1.34. The Morgan fingerprint density at radius 2 is 1.62 bits per heavy atom. The monoisotopic (exact) mass is 340 g/mol. The van der Waals surface area contributed by atoms with Gasteiger partial charge in [-0.05, 0) is 66.6 Å². The Morgan fingerprint density at radius 1 is 1.12 bits per heavy atom. The average Bonchev–Trinajstić information content (AvgIpc) is 2.43. The SMILES string of the molecule is CCN(CC)CCCNC(=O)C(=O)N1C(C)(C)CC(N)CC1(C)C. The van der Waals surface area contributed by atoms with Crippen molar-refractivity contribution in [1.29, 1.82) is 0 Å². The molecule has 0 spiro atoms. The summed E-state index contributed by atoms with van der Waals surface area (Å²) in [6.45, 7) is 15.6. The second kappa shape index (κ2) is 8.30. The molecule has 0 aliphatic carbocycles. The highest BCUT2D eigenvalue weighted by molar-refractivity contribution is 6.35. The van der Waals surface area contributed by atoms with Crippen LogP contribution in [-0.2, 0) is 9.59 Å². The second-order valence-corrected chi connectivity index (χ2v) is 8.07. The highest BCUT2D eigenvalue weighted by Crippen LogP contribution is 2.37. The first-order chi connectivity index (χ1) is 11.0. The van der Waals surface area contributed by atoms with Crippen molar-refractivity contribution < 1.29 is 9.59 Å². The van der Waals surface area contributed by atoms with Crippen molar-refractivity contribution in [2.75, 3.05) is 26.2 Å². The van der Waals surface area contributed by atoms with E-state index < -0.39 is 22.9 Å². The van der Waals surface area contributed by atoms with E-state index in [1.807, 2.05) is 27.7 Å². The third kappa shape index (κ3) is 5.18. The Morgan fingerprint density at radius 3 is 2.08 bits per heavy atom. The Hall–Kier alpha value is -1.14. The molecule has 0 unspecified atom stereocenters. The molecule has 0 aromatic heterocycles. The number of nitrogens with zero attached hydrogens (tertiary/aromatic N) is 2. The molecule has 2 amide bonds. The summed E-state index contributed by atoms with van der Waals surface area (Å²) in [6, 6.07) is 0.0520. The number of hydrogen-bond acceptors (Lipinski definition) is 4. The number of hydrogen-bond donors (Lipinski definition) is 2. The van der Waals surface area contributed by atoms with Crippen LogP contribution in [-0.4, -0.2) is 64.9 Å². The smallest absolute Gasteiger partial charge is 0.312 e. The number of carbonyl (C=O) groups excluding carboxylic acids is 2. The Kier molecular flexibility index (Phi) is 7.23. The summed E-state index contributed by atoms with van der Waals surface area (Å²) in [4.78, 5) is 29.1. The third-order valence-electron chi connectivity index (χ3n) is 4.96. The molecular formula is C18H36N4O2. The summed E-state index contributed by atoms with van der Waals surface area (Å²) in [5.74, 6) is -0.953. The Bertz CT molecular complexity index is 426. The molecule has 1 aliphatic heterocycles. The fourth-order valence-corrected chi connectivity index (χ4v) is 4.13. The lowest BCUT2D eigenvalue weighted by atomic mass is 9.77. The van der Waals surface area contributed by atoms with Gasteiger partial charge in [-0.2, -0.15) is 0 Å². The number of rotatable bonds is 6. The van der Waals surface area contributed by atoms with Gasteiger partial charge < -0.3 is 20.9 Å². The lowest BCUT2D eigenvalue weighted by molar-refractivity contribution is -0.159. The van der Waals surface area contributed by atoms with Gasteiger partial charge in [-0.25, -0.2) is 0 Å². The normalized spacial score (nSPS) is 20.2. The molecule has 140 valence electrons. The molecule has 1 rings (SSSR count). The van der Waals surface area contributed by atoms with Crippen LogP contribution >= 0.6 is 0 Å². The van der Waals surface area contributed by atoms with E-state index in [0.717, 1.165) is 26.1 Å². The molecule has 0 bridgehead atoms. The maximum atomic E-state index is 12.7. The molecular weight excluding hydrogens is 304 g/mol. The van der Waals surface area contributed by atoms with E-state index >= 15 is 0 Å². The van der Waals surface area contributed by atoms with Gasteiger partial charge in [0.25, 0.3) is 0 Å². The minimum atomic E-state index is -0.508. The van der Waals surface area contributed by atoms with Crippen LogP contribution in [0.1, 0.15) is 60.8 Å². The molecule has 6 nitrogen and oxygen atoms in total. The fraction of sp³-hybridized carbons (Fsp3) is 0.889. The van der Waals surface area contributed by atoms with Gasteiger partial charge in [0.1, 0.15) is 0 Å². The quantitative estimate of drug-likeness (QED) is 0.565. The molecule has 0 saturated carbocycles. The number of piperidine rings is 1. The van der Waals surface area contributed by atoms with E-state index in [9.17, 15) is 9.59 Å². The summed E-state index contributed by atoms with van der Waals surface area (Å²) in [6.07, 6.45) is 2.26. The first kappa shape index (κ1) is 20.9. The molecule has 1 fully saturated rings. The molecule has 0 radical (unpaired) electrons. The van der Waals surface area contributed by atoms with Crippen LogP contribution in [0.2, 0.25) is 0 Å². The number of likely N-dealkylation sites (tertiary alicyclic amines) is 1. The summed E-state index contributed by atoms with van der Waals surface area (Å²) in [5.41, 5.74) is 5.29. The average molecular weight is 341 g/mol. The van der Waals surface area contributed by atoms with Crippen molar-refractivity contribution in [2.24, 2.45) is 5.73 Å². The van der Waals surface area contributed by atoms with Crippen LogP contribution in [0.15, 0.2) is 0 Å². The number of nitrogens with one attached hydrogen (secondary N) is 1. The first-order valence-corrected chi connectivity index (χ1v) is 9.15. The predicted molar refractivity (Wildman–Crippen MR) is 97.6 cm³/mol. The maximum absolute atomic E-state index is 12.7. The van der Waals surface area contributed by atoms with Crippen LogP contribution in [0.4, 0.5) is 0 Å². The van der Waals surface area contributed by atoms with Crippen LogP contribution in [0.3, 0.4) is 0 Å². The van der Waals surface area contributed by atoms with Crippen molar-refractivity contribution in [3.8, 4) is 0 Å². The van der Waals surface area contributed by atoms with Gasteiger partial charge in [0.2, 0.25) is 0 Å². The lowest BCUT2D eigenvalue weighted by Gasteiger charge is -2.54. The number of carbonyl (C=O) groups is 2. The zero-order valence-electron chi connectivity index (χ0n) is 16.3. The topological polar surface area (TPSA) is 78.7 Å². The van der Waals surface area contributed by atoms with Gasteiger partial charge >= 0.3 is 11.8 Å². The Labute approximate surface area is 147 Å². The second-order valence-electron chi connectivity index (χ2n) is 8.07. The van der Waals surface area contributed by atoms with E-state index in [0.29, 0.717) is 19.4 Å². The molecule has 24 heavy (non-hydrogen) atoms. The first-order valence-electron chi connectivity index (χ1n) is 9.15. The van der Waals surface area contributed by atoms with Gasteiger partial charge in [0, 0.05) is 23.7 Å². The van der Waals surface area contributed by atoms with Crippen molar-refractivity contribution in [1.82, 2.24) is 15.1 Å². The van der Waals surface area contributed by atoms with Gasteiger partial charge in [0.15, 0.2) is 0 Å². The molecule has 3 N–H and O–H groups in total. The summed E-state index contributed by atoms with van der Waals surface area (Å²) in [7, 11) is 0. The zero-order valence-corrected chi connectivity index (χ0v) is 16.3. The molecule has 1 saturated heterocycles. The Balaban J connectivity index is 2.62. The van der Waals surface area contributed by atoms with Gasteiger partial charge in [-0.3, -0.25) is 9.59 Å². The molecule has 1 aliphatic rings. The lowest BCUT2D eigenvalue weighted by Crippen LogP contribution is -2.67. The standard InChI is InChI=1S/C18H36N4O2/c1-7-21(8-2)11-9-10-20-15(23)16(24)22-17(3,4)12-14(19)13-18(22,5)6/h14H,7-13,19H2,1-6H3,(H,20,23).